The van der Waals surface area contributed by atoms with Gasteiger partial charge in [0.1, 0.15) is 0 Å². The Morgan fingerprint density at radius 1 is 0.559 bits per heavy atom. The molecule has 1 nitrogen and oxygen atoms in total. The van der Waals surface area contributed by atoms with Gasteiger partial charge in [-0.2, -0.15) is 0 Å². The van der Waals surface area contributed by atoms with E-state index in [4.69, 9.17) is 4.52 Å². The molecule has 34 heavy (non-hydrogen) atoms. The van der Waals surface area contributed by atoms with Crippen LogP contribution in [0.4, 0.5) is 4.39 Å². The van der Waals surface area contributed by atoms with Gasteiger partial charge in [0.15, 0.2) is 0 Å². The van der Waals surface area contributed by atoms with Crippen LogP contribution in [-0.2, 0) is 4.52 Å². The summed E-state index contributed by atoms with van der Waals surface area (Å²) in [6.45, 7) is -3.58. The van der Waals surface area contributed by atoms with E-state index in [0.717, 1.165) is 0 Å². The first-order valence-corrected chi connectivity index (χ1v) is 13.9. The zero-order chi connectivity index (χ0) is 23.0. The summed E-state index contributed by atoms with van der Waals surface area (Å²) in [6.07, 6.45) is 8.31. The molecule has 4 aromatic rings. The minimum atomic E-state index is -3.58. The molecular weight excluding hydrogens is 438 g/mol. The van der Waals surface area contributed by atoms with Gasteiger partial charge >= 0.3 is 200 Å². The van der Waals surface area contributed by atoms with Gasteiger partial charge in [0.05, 0.1) is 0 Å². The van der Waals surface area contributed by atoms with Gasteiger partial charge in [-0.15, -0.1) is 0 Å². The van der Waals surface area contributed by atoms with E-state index in [0.29, 0.717) is 5.56 Å². The number of rotatable bonds is 4. The van der Waals surface area contributed by atoms with Crippen LogP contribution in [0, 0.1) is 11.7 Å². The molecular formula is C31H26FOP. The van der Waals surface area contributed by atoms with Gasteiger partial charge in [0, 0.05) is 0 Å². The van der Waals surface area contributed by atoms with Gasteiger partial charge in [-0.25, -0.2) is 0 Å². The van der Waals surface area contributed by atoms with Crippen molar-refractivity contribution in [3.8, 4) is 0 Å². The molecule has 168 valence electrons. The molecule has 3 atom stereocenters. The van der Waals surface area contributed by atoms with E-state index in [1.165, 1.54) is 22.0 Å². The Kier molecular flexibility index (Phi) is 5.10. The van der Waals surface area contributed by atoms with Crippen molar-refractivity contribution in [3.05, 3.63) is 151 Å². The third-order valence-electron chi connectivity index (χ3n) is 7.42. The molecule has 2 aliphatic rings. The molecule has 2 unspecified atom stereocenters. The summed E-state index contributed by atoms with van der Waals surface area (Å²) < 4.78 is 22.9. The Hall–Kier alpha value is -3.32. The summed E-state index contributed by atoms with van der Waals surface area (Å²) in [5.74, 6) is -0.220. The molecule has 0 saturated carbocycles. The van der Waals surface area contributed by atoms with Crippen LogP contribution in [0.5, 0.6) is 0 Å². The standard InChI is InChI=1S/C31H26FOP/c32-29-22-12-10-20-27(29)31-28-21-11-13-23-30(28)34(33-31,24-14-4-1-5-15-24,25-16-6-2-7-17-25)26-18-8-3-9-19-26/h1-23,28,30-31H/t28-,30?,31?/m0/s1. The first-order valence-electron chi connectivity index (χ1n) is 11.7. The van der Waals surface area contributed by atoms with Crippen molar-refractivity contribution >= 4 is 22.7 Å². The molecule has 1 saturated heterocycles. The van der Waals surface area contributed by atoms with Gasteiger partial charge < -0.3 is 0 Å². The van der Waals surface area contributed by atoms with Crippen LogP contribution >= 0.6 is 6.83 Å². The van der Waals surface area contributed by atoms with Crippen molar-refractivity contribution < 1.29 is 8.91 Å². The normalized spacial score (nSPS) is 25.2. The van der Waals surface area contributed by atoms with E-state index in [1.54, 1.807) is 6.07 Å². The predicted octanol–water partition coefficient (Wildman–Crippen LogP) is 6.45. The first-order chi connectivity index (χ1) is 16.8. The molecule has 6 rings (SSSR count). The second-order valence-electron chi connectivity index (χ2n) is 8.99. The Labute approximate surface area is 200 Å². The minimum absolute atomic E-state index is 0.000171. The fourth-order valence-electron chi connectivity index (χ4n) is 6.05. The number of hydrogen-bond acceptors (Lipinski definition) is 1. The number of hydrogen-bond donors (Lipinski definition) is 0. The zero-order valence-corrected chi connectivity index (χ0v) is 19.6. The molecule has 1 fully saturated rings. The van der Waals surface area contributed by atoms with Gasteiger partial charge in [-0.05, 0) is 0 Å². The Morgan fingerprint density at radius 3 is 1.56 bits per heavy atom. The second kappa shape index (κ2) is 8.17. The van der Waals surface area contributed by atoms with Crippen LogP contribution in [-0.4, -0.2) is 5.66 Å². The average molecular weight is 465 g/mol. The first kappa shape index (κ1) is 21.2. The Bertz CT molecular complexity index is 1270. The van der Waals surface area contributed by atoms with Gasteiger partial charge in [0.2, 0.25) is 0 Å². The van der Waals surface area contributed by atoms with Crippen molar-refractivity contribution in [1.82, 2.24) is 0 Å². The fourth-order valence-corrected chi connectivity index (χ4v) is 12.8. The van der Waals surface area contributed by atoms with Crippen LogP contribution in [0.15, 0.2) is 140 Å². The number of fused-ring (bicyclic) bond motifs is 1. The SMILES string of the molecule is Fc1ccccc1C1OP(c2ccccc2)(c2ccccc2)(c2ccccc2)C2C=CC=C[C@H]12. The van der Waals surface area contributed by atoms with E-state index in [-0.39, 0.29) is 17.4 Å². The monoisotopic (exact) mass is 464 g/mol. The fraction of sp³-hybridized carbons (Fsp3) is 0.0968. The van der Waals surface area contributed by atoms with Crippen molar-refractivity contribution in [1.29, 1.82) is 0 Å². The van der Waals surface area contributed by atoms with Crippen LogP contribution < -0.4 is 15.9 Å². The number of halogens is 1. The van der Waals surface area contributed by atoms with Gasteiger partial charge in [-0.1, -0.05) is 0 Å². The molecule has 0 N–H and O–H groups in total. The summed E-state index contributed by atoms with van der Waals surface area (Å²) in [5, 5.41) is 3.50. The average Bonchev–Trinajstić information content (AvgIpc) is 3.24. The van der Waals surface area contributed by atoms with Crippen LogP contribution in [0.3, 0.4) is 0 Å². The maximum atomic E-state index is 15.3. The molecule has 0 radical (unpaired) electrons. The summed E-state index contributed by atoms with van der Waals surface area (Å²) in [7, 11) is 0. The molecule has 1 aliphatic heterocycles. The summed E-state index contributed by atoms with van der Waals surface area (Å²) >= 11 is 0. The maximum absolute atomic E-state index is 15.3. The van der Waals surface area contributed by atoms with Crippen LogP contribution in [0.2, 0.25) is 0 Å². The molecule has 4 aromatic carbocycles. The molecule has 3 heteroatoms. The van der Waals surface area contributed by atoms with Gasteiger partial charge in [-0.3, -0.25) is 0 Å². The van der Waals surface area contributed by atoms with Crippen molar-refractivity contribution in [2.75, 3.05) is 0 Å². The molecule has 1 heterocycles. The molecule has 0 spiro atoms. The number of allylic oxidation sites excluding steroid dienone is 3. The van der Waals surface area contributed by atoms with E-state index >= 15 is 4.39 Å². The van der Waals surface area contributed by atoms with E-state index < -0.39 is 12.9 Å². The Balaban J connectivity index is 1.78. The predicted molar refractivity (Wildman–Crippen MR) is 141 cm³/mol. The molecule has 0 amide bonds. The molecule has 1 aliphatic carbocycles. The van der Waals surface area contributed by atoms with E-state index in [2.05, 4.69) is 97.1 Å². The van der Waals surface area contributed by atoms with E-state index in [9.17, 15) is 0 Å². The van der Waals surface area contributed by atoms with Gasteiger partial charge in [0.25, 0.3) is 0 Å². The van der Waals surface area contributed by atoms with E-state index in [1.807, 2.05) is 30.3 Å². The zero-order valence-electron chi connectivity index (χ0n) is 18.7. The summed E-state index contributed by atoms with van der Waals surface area (Å²) in [5.41, 5.74) is 0.652. The third-order valence-corrected chi connectivity index (χ3v) is 13.7. The second-order valence-corrected chi connectivity index (χ2v) is 13.6. The quantitative estimate of drug-likeness (QED) is 0.315. The van der Waals surface area contributed by atoms with Crippen molar-refractivity contribution in [2.24, 2.45) is 5.92 Å². The summed E-state index contributed by atoms with van der Waals surface area (Å²) in [4.78, 5) is 0. The molecule has 0 aromatic heterocycles. The van der Waals surface area contributed by atoms with Crippen molar-refractivity contribution in [3.63, 3.8) is 0 Å². The summed E-state index contributed by atoms with van der Waals surface area (Å²) in [6, 6.07) is 38.9. The number of benzene rings is 4. The Morgan fingerprint density at radius 2 is 1.03 bits per heavy atom. The third kappa shape index (κ3) is 2.79. The van der Waals surface area contributed by atoms with Crippen LogP contribution in [0.1, 0.15) is 11.7 Å². The topological polar surface area (TPSA) is 9.23 Å². The van der Waals surface area contributed by atoms with Crippen LogP contribution in [0.25, 0.3) is 0 Å². The molecule has 0 bridgehead atoms. The van der Waals surface area contributed by atoms with Crippen molar-refractivity contribution in [2.45, 2.75) is 11.8 Å².